The summed E-state index contributed by atoms with van der Waals surface area (Å²) in [7, 11) is 1.16. The van der Waals surface area contributed by atoms with E-state index in [1.54, 1.807) is 0 Å². The first-order valence-corrected chi connectivity index (χ1v) is 10.7. The van der Waals surface area contributed by atoms with Crippen molar-refractivity contribution in [2.45, 2.75) is 19.3 Å². The van der Waals surface area contributed by atoms with Gasteiger partial charge < -0.3 is 22.4 Å². The maximum atomic E-state index is 13.6. The largest absolute Gasteiger partial charge is 1.00 e. The molecule has 3 aromatic carbocycles. The van der Waals surface area contributed by atoms with Crippen LogP contribution in [0, 0.1) is 6.92 Å². The zero-order chi connectivity index (χ0) is 24.5. The second-order valence-corrected chi connectivity index (χ2v) is 8.13. The van der Waals surface area contributed by atoms with Crippen LogP contribution in [-0.4, -0.2) is 32.8 Å². The standard InChI is InChI=1S/C25H22BF3NO4.K/c1-15-16(12-24(31)33-2)11-17(13-23(15)26(27,28)29)30-25(32)34-14-22-20-9-5-3-7-18(20)19-8-4-6-10-21(19)22;/h3-11,13,22H,12,14H2,1-2H3,(H,30,32);/q-1;+1. The summed E-state index contributed by atoms with van der Waals surface area (Å²) in [6.07, 6.45) is -1.22. The van der Waals surface area contributed by atoms with E-state index in [1.807, 2.05) is 48.5 Å². The van der Waals surface area contributed by atoms with Crippen LogP contribution in [0.4, 0.5) is 23.4 Å². The maximum absolute atomic E-state index is 13.6. The first kappa shape index (κ1) is 27.5. The SMILES string of the molecule is COC(=O)Cc1cc(NC(=O)OCC2c3ccccc3-c3ccccc32)cc([B-](F)(F)F)c1C.[K+]. The van der Waals surface area contributed by atoms with E-state index in [2.05, 4.69) is 10.1 Å². The molecule has 0 bridgehead atoms. The third-order valence-corrected chi connectivity index (χ3v) is 6.06. The number of carbonyl (C=O) groups is 2. The van der Waals surface area contributed by atoms with Gasteiger partial charge in [0.2, 0.25) is 0 Å². The summed E-state index contributed by atoms with van der Waals surface area (Å²) in [5, 5.41) is 2.38. The Kier molecular flexibility index (Phi) is 8.87. The maximum Gasteiger partial charge on any atom is 1.00 e. The van der Waals surface area contributed by atoms with E-state index in [1.165, 1.54) is 13.0 Å². The number of ether oxygens (including phenoxy) is 2. The minimum Gasteiger partial charge on any atom is -0.469 e. The Bertz CT molecular complexity index is 1220. The molecule has 10 heteroatoms. The van der Waals surface area contributed by atoms with E-state index in [0.29, 0.717) is 0 Å². The van der Waals surface area contributed by atoms with E-state index < -0.39 is 24.5 Å². The molecule has 1 N–H and O–H groups in total. The quantitative estimate of drug-likeness (QED) is 0.411. The molecule has 5 nitrogen and oxygen atoms in total. The van der Waals surface area contributed by atoms with Crippen molar-refractivity contribution in [2.24, 2.45) is 0 Å². The number of esters is 1. The molecule has 0 aliphatic heterocycles. The zero-order valence-electron chi connectivity index (χ0n) is 19.6. The van der Waals surface area contributed by atoms with Crippen LogP contribution in [0.25, 0.3) is 11.1 Å². The first-order chi connectivity index (χ1) is 16.2. The summed E-state index contributed by atoms with van der Waals surface area (Å²) in [6, 6.07) is 17.8. The Morgan fingerprint density at radius 3 is 2.09 bits per heavy atom. The third kappa shape index (κ3) is 6.00. The fourth-order valence-electron chi connectivity index (χ4n) is 4.37. The average molecular weight is 507 g/mol. The fourth-order valence-corrected chi connectivity index (χ4v) is 4.37. The van der Waals surface area contributed by atoms with Crippen LogP contribution < -0.4 is 62.2 Å². The number of hydrogen-bond donors (Lipinski definition) is 1. The Hall–Kier alpha value is -2.11. The number of fused-ring (bicyclic) bond motifs is 3. The molecule has 1 aliphatic carbocycles. The molecule has 0 atom stereocenters. The zero-order valence-corrected chi connectivity index (χ0v) is 22.7. The van der Waals surface area contributed by atoms with Crippen molar-refractivity contribution in [3.63, 3.8) is 0 Å². The molecule has 0 spiro atoms. The molecule has 0 saturated heterocycles. The number of nitrogens with one attached hydrogen (secondary N) is 1. The molecule has 0 aromatic heterocycles. The summed E-state index contributed by atoms with van der Waals surface area (Å²) in [6.45, 7) is -4.04. The van der Waals surface area contributed by atoms with E-state index >= 15 is 0 Å². The molecular formula is C25H22BF3KNO4. The van der Waals surface area contributed by atoms with Gasteiger partial charge in [-0.05, 0) is 40.8 Å². The second kappa shape index (κ2) is 11.3. The van der Waals surface area contributed by atoms with Gasteiger partial charge in [0.1, 0.15) is 6.61 Å². The van der Waals surface area contributed by atoms with Crippen molar-refractivity contribution in [3.8, 4) is 11.1 Å². The molecule has 0 heterocycles. The summed E-state index contributed by atoms with van der Waals surface area (Å²) in [5.74, 6) is -0.859. The average Bonchev–Trinajstić information content (AvgIpc) is 3.12. The molecule has 0 fully saturated rings. The molecule has 35 heavy (non-hydrogen) atoms. The van der Waals surface area contributed by atoms with Gasteiger partial charge in [0.25, 0.3) is 0 Å². The summed E-state index contributed by atoms with van der Waals surface area (Å²) in [5.41, 5.74) is 3.24. The second-order valence-electron chi connectivity index (χ2n) is 8.13. The van der Waals surface area contributed by atoms with Crippen molar-refractivity contribution in [2.75, 3.05) is 19.0 Å². The third-order valence-electron chi connectivity index (χ3n) is 6.06. The van der Waals surface area contributed by atoms with Crippen LogP contribution in [-0.2, 0) is 20.7 Å². The Morgan fingerprint density at radius 1 is 0.971 bits per heavy atom. The minimum absolute atomic E-state index is 0. The number of halogens is 3. The molecular weight excluding hydrogens is 485 g/mol. The van der Waals surface area contributed by atoms with E-state index in [9.17, 15) is 22.5 Å². The Morgan fingerprint density at radius 2 is 1.54 bits per heavy atom. The molecule has 1 amide bonds. The van der Waals surface area contributed by atoms with Crippen LogP contribution in [0.5, 0.6) is 0 Å². The summed E-state index contributed by atoms with van der Waals surface area (Å²) < 4.78 is 50.8. The van der Waals surface area contributed by atoms with E-state index in [0.717, 1.165) is 35.4 Å². The first-order valence-electron chi connectivity index (χ1n) is 10.7. The molecule has 1 aliphatic rings. The summed E-state index contributed by atoms with van der Waals surface area (Å²) >= 11 is 0. The molecule has 0 unspecified atom stereocenters. The monoisotopic (exact) mass is 507 g/mol. The molecule has 3 aromatic rings. The van der Waals surface area contributed by atoms with Gasteiger partial charge in [-0.1, -0.05) is 60.2 Å². The molecule has 4 rings (SSSR count). The number of rotatable bonds is 6. The number of anilines is 1. The number of benzene rings is 3. The fraction of sp³-hybridized carbons (Fsp3) is 0.200. The van der Waals surface area contributed by atoms with Gasteiger partial charge in [0.15, 0.2) is 0 Å². The number of hydrogen-bond acceptors (Lipinski definition) is 4. The summed E-state index contributed by atoms with van der Waals surface area (Å²) in [4.78, 5) is 24.2. The Balaban J connectivity index is 0.00000342. The van der Waals surface area contributed by atoms with Gasteiger partial charge in [-0.3, -0.25) is 10.1 Å². The molecule has 0 radical (unpaired) electrons. The Labute approximate surface area is 243 Å². The number of carbonyl (C=O) groups excluding carboxylic acids is 2. The topological polar surface area (TPSA) is 64.6 Å². The van der Waals surface area contributed by atoms with Crippen molar-refractivity contribution in [3.05, 3.63) is 82.9 Å². The van der Waals surface area contributed by atoms with Crippen molar-refractivity contribution < 1.29 is 83.4 Å². The van der Waals surface area contributed by atoms with Crippen molar-refractivity contribution in [1.82, 2.24) is 0 Å². The van der Waals surface area contributed by atoms with Gasteiger partial charge in [0.05, 0.1) is 13.5 Å². The van der Waals surface area contributed by atoms with Crippen molar-refractivity contribution >= 4 is 30.2 Å². The van der Waals surface area contributed by atoms with Gasteiger partial charge in [-0.25, -0.2) is 4.79 Å². The predicted molar refractivity (Wildman–Crippen MR) is 124 cm³/mol. The smallest absolute Gasteiger partial charge is 0.469 e. The number of methoxy groups -OCH3 is 1. The van der Waals surface area contributed by atoms with Gasteiger partial charge in [-0.15, -0.1) is 5.46 Å². The van der Waals surface area contributed by atoms with Gasteiger partial charge >= 0.3 is 70.4 Å². The van der Waals surface area contributed by atoms with Crippen LogP contribution >= 0.6 is 0 Å². The molecule has 0 saturated carbocycles. The van der Waals surface area contributed by atoms with Crippen molar-refractivity contribution in [1.29, 1.82) is 0 Å². The van der Waals surface area contributed by atoms with Crippen LogP contribution in [0.15, 0.2) is 60.7 Å². The van der Waals surface area contributed by atoms with Crippen LogP contribution in [0.3, 0.4) is 0 Å². The normalized spacial score (nSPS) is 12.3. The van der Waals surface area contributed by atoms with Gasteiger partial charge in [-0.2, -0.15) is 0 Å². The minimum atomic E-state index is -5.36. The molecule has 176 valence electrons. The van der Waals surface area contributed by atoms with E-state index in [4.69, 9.17) is 4.74 Å². The predicted octanol–water partition coefficient (Wildman–Crippen LogP) is 2.13. The van der Waals surface area contributed by atoms with Gasteiger partial charge in [0, 0.05) is 11.6 Å². The van der Waals surface area contributed by atoms with E-state index in [-0.39, 0.29) is 87.1 Å². The number of amides is 1. The van der Waals surface area contributed by atoms with Crippen LogP contribution in [0.1, 0.15) is 28.2 Å². The van der Waals surface area contributed by atoms with Crippen LogP contribution in [0.2, 0.25) is 0 Å².